The Morgan fingerprint density at radius 3 is 2.26 bits per heavy atom. The molecule has 142 valence electrons. The molecule has 3 rings (SSSR count). The second-order valence-electron chi connectivity index (χ2n) is 6.14. The Balaban J connectivity index is 1.59. The lowest BCUT2D eigenvalue weighted by Gasteiger charge is -2.35. The summed E-state index contributed by atoms with van der Waals surface area (Å²) in [6, 6.07) is 15.0. The first-order valence-corrected chi connectivity index (χ1v) is 8.74. The van der Waals surface area contributed by atoms with E-state index in [1.165, 1.54) is 7.11 Å². The van der Waals surface area contributed by atoms with Crippen LogP contribution in [0.15, 0.2) is 48.5 Å². The number of hydrogen-bond acceptors (Lipinski definition) is 5. The average molecular weight is 369 g/mol. The summed E-state index contributed by atoms with van der Waals surface area (Å²) in [7, 11) is 3.04. The number of para-hydroxylation sites is 1. The van der Waals surface area contributed by atoms with Gasteiger partial charge in [0.15, 0.2) is 0 Å². The highest BCUT2D eigenvalue weighted by Gasteiger charge is 2.26. The van der Waals surface area contributed by atoms with Gasteiger partial charge in [-0.25, -0.2) is 0 Å². The SMILES string of the molecule is COc1ccc(NC(=O)C(=O)N2CCN(c3ccccc3)CC2)c(OC)c1. The van der Waals surface area contributed by atoms with Crippen LogP contribution in [0.1, 0.15) is 0 Å². The van der Waals surface area contributed by atoms with Crippen molar-refractivity contribution in [2.24, 2.45) is 0 Å². The average Bonchev–Trinajstić information content (AvgIpc) is 2.74. The third-order valence-corrected chi connectivity index (χ3v) is 4.54. The number of benzene rings is 2. The molecule has 0 radical (unpaired) electrons. The molecule has 0 aliphatic carbocycles. The Morgan fingerprint density at radius 2 is 1.63 bits per heavy atom. The summed E-state index contributed by atoms with van der Waals surface area (Å²) >= 11 is 0. The van der Waals surface area contributed by atoms with E-state index in [0.717, 1.165) is 5.69 Å². The van der Waals surface area contributed by atoms with Crippen LogP contribution in [-0.4, -0.2) is 57.1 Å². The van der Waals surface area contributed by atoms with E-state index in [1.807, 2.05) is 30.3 Å². The highest BCUT2D eigenvalue weighted by atomic mass is 16.5. The Morgan fingerprint density at radius 1 is 0.926 bits per heavy atom. The number of rotatable bonds is 4. The fourth-order valence-electron chi connectivity index (χ4n) is 3.03. The third-order valence-electron chi connectivity index (χ3n) is 4.54. The van der Waals surface area contributed by atoms with Crippen molar-refractivity contribution in [3.63, 3.8) is 0 Å². The third kappa shape index (κ3) is 4.31. The highest BCUT2D eigenvalue weighted by molar-refractivity contribution is 6.39. The molecule has 27 heavy (non-hydrogen) atoms. The molecular formula is C20H23N3O4. The van der Waals surface area contributed by atoms with Gasteiger partial charge >= 0.3 is 11.8 Å². The number of nitrogens with one attached hydrogen (secondary N) is 1. The number of anilines is 2. The predicted octanol–water partition coefficient (Wildman–Crippen LogP) is 1.99. The molecule has 1 aliphatic heterocycles. The van der Waals surface area contributed by atoms with Crippen molar-refractivity contribution in [2.45, 2.75) is 0 Å². The summed E-state index contributed by atoms with van der Waals surface area (Å²) < 4.78 is 10.4. The zero-order valence-corrected chi connectivity index (χ0v) is 15.5. The monoisotopic (exact) mass is 369 g/mol. The van der Waals surface area contributed by atoms with Crippen molar-refractivity contribution < 1.29 is 19.1 Å². The van der Waals surface area contributed by atoms with E-state index >= 15 is 0 Å². The van der Waals surface area contributed by atoms with Crippen molar-refractivity contribution in [1.82, 2.24) is 4.90 Å². The van der Waals surface area contributed by atoms with Crippen molar-refractivity contribution in [2.75, 3.05) is 50.6 Å². The van der Waals surface area contributed by atoms with E-state index in [0.29, 0.717) is 43.4 Å². The van der Waals surface area contributed by atoms with E-state index < -0.39 is 11.8 Å². The van der Waals surface area contributed by atoms with Gasteiger partial charge in [-0.05, 0) is 24.3 Å². The van der Waals surface area contributed by atoms with Crippen LogP contribution in [0, 0.1) is 0 Å². The molecule has 0 atom stereocenters. The number of ether oxygens (including phenoxy) is 2. The van der Waals surface area contributed by atoms with Crippen LogP contribution in [0.25, 0.3) is 0 Å². The number of nitrogens with zero attached hydrogens (tertiary/aromatic N) is 2. The quantitative estimate of drug-likeness (QED) is 0.835. The van der Waals surface area contributed by atoms with Gasteiger partial charge < -0.3 is 24.6 Å². The second-order valence-corrected chi connectivity index (χ2v) is 6.14. The number of piperazine rings is 1. The lowest BCUT2D eigenvalue weighted by Crippen LogP contribution is -2.51. The fourth-order valence-corrected chi connectivity index (χ4v) is 3.03. The van der Waals surface area contributed by atoms with Crippen LogP contribution in [0.5, 0.6) is 11.5 Å². The molecule has 0 spiro atoms. The van der Waals surface area contributed by atoms with Gasteiger partial charge in [0.05, 0.1) is 19.9 Å². The maximum atomic E-state index is 12.5. The van der Waals surface area contributed by atoms with Crippen molar-refractivity contribution >= 4 is 23.2 Å². The standard InChI is InChI=1S/C20H23N3O4/c1-26-16-8-9-17(18(14-16)27-2)21-19(24)20(25)23-12-10-22(11-13-23)15-6-4-3-5-7-15/h3-9,14H,10-13H2,1-2H3,(H,21,24). The predicted molar refractivity (Wildman–Crippen MR) is 103 cm³/mol. The Hall–Kier alpha value is -3.22. The Kier molecular flexibility index (Phi) is 5.80. The molecule has 0 saturated carbocycles. The summed E-state index contributed by atoms with van der Waals surface area (Å²) in [6.45, 7) is 2.38. The van der Waals surface area contributed by atoms with E-state index in [-0.39, 0.29) is 0 Å². The molecule has 1 heterocycles. The minimum Gasteiger partial charge on any atom is -0.497 e. The van der Waals surface area contributed by atoms with E-state index in [1.54, 1.807) is 30.2 Å². The zero-order chi connectivity index (χ0) is 19.2. The van der Waals surface area contributed by atoms with Gasteiger partial charge in [0.25, 0.3) is 0 Å². The smallest absolute Gasteiger partial charge is 0.314 e. The lowest BCUT2D eigenvalue weighted by atomic mass is 10.2. The summed E-state index contributed by atoms with van der Waals surface area (Å²) in [5, 5.41) is 2.63. The van der Waals surface area contributed by atoms with E-state index in [2.05, 4.69) is 10.2 Å². The maximum absolute atomic E-state index is 12.5. The van der Waals surface area contributed by atoms with Gasteiger partial charge in [0.2, 0.25) is 0 Å². The van der Waals surface area contributed by atoms with Gasteiger partial charge in [-0.1, -0.05) is 18.2 Å². The molecule has 2 aromatic rings. The summed E-state index contributed by atoms with van der Waals surface area (Å²) in [4.78, 5) is 28.7. The van der Waals surface area contributed by atoms with Gasteiger partial charge in [-0.3, -0.25) is 9.59 Å². The first-order chi connectivity index (χ1) is 13.1. The molecule has 2 aromatic carbocycles. The normalized spacial score (nSPS) is 13.9. The molecule has 1 aliphatic rings. The van der Waals surface area contributed by atoms with Gasteiger partial charge in [-0.2, -0.15) is 0 Å². The number of hydrogen-bond donors (Lipinski definition) is 1. The van der Waals surface area contributed by atoms with E-state index in [4.69, 9.17) is 9.47 Å². The second kappa shape index (κ2) is 8.44. The topological polar surface area (TPSA) is 71.1 Å². The molecule has 7 nitrogen and oxygen atoms in total. The van der Waals surface area contributed by atoms with Crippen LogP contribution in [-0.2, 0) is 9.59 Å². The number of amides is 2. The first kappa shape index (κ1) is 18.6. The fraction of sp³-hybridized carbons (Fsp3) is 0.300. The van der Waals surface area contributed by atoms with Crippen LogP contribution >= 0.6 is 0 Å². The van der Waals surface area contributed by atoms with Crippen LogP contribution < -0.4 is 19.7 Å². The van der Waals surface area contributed by atoms with Gasteiger partial charge in [-0.15, -0.1) is 0 Å². The largest absolute Gasteiger partial charge is 0.497 e. The molecule has 1 saturated heterocycles. The molecular weight excluding hydrogens is 346 g/mol. The van der Waals surface area contributed by atoms with Crippen molar-refractivity contribution in [3.8, 4) is 11.5 Å². The van der Waals surface area contributed by atoms with Crippen LogP contribution in [0.2, 0.25) is 0 Å². The van der Waals surface area contributed by atoms with Gasteiger partial charge in [0.1, 0.15) is 11.5 Å². The summed E-state index contributed by atoms with van der Waals surface area (Å²) in [6.07, 6.45) is 0. The zero-order valence-electron chi connectivity index (χ0n) is 15.5. The Labute approximate surface area is 158 Å². The van der Waals surface area contributed by atoms with E-state index in [9.17, 15) is 9.59 Å². The molecule has 0 bridgehead atoms. The maximum Gasteiger partial charge on any atom is 0.314 e. The van der Waals surface area contributed by atoms with Crippen LogP contribution in [0.4, 0.5) is 11.4 Å². The lowest BCUT2D eigenvalue weighted by molar-refractivity contribution is -0.143. The minimum atomic E-state index is -0.674. The number of carbonyl (C=O) groups is 2. The van der Waals surface area contributed by atoms with Crippen LogP contribution in [0.3, 0.4) is 0 Å². The summed E-state index contributed by atoms with van der Waals surface area (Å²) in [5.74, 6) is -0.176. The molecule has 0 unspecified atom stereocenters. The Bertz CT molecular complexity index is 802. The number of methoxy groups -OCH3 is 2. The molecule has 2 amide bonds. The first-order valence-electron chi connectivity index (χ1n) is 8.74. The van der Waals surface area contributed by atoms with Gasteiger partial charge in [0, 0.05) is 37.9 Å². The molecule has 1 N–H and O–H groups in total. The molecule has 0 aromatic heterocycles. The molecule has 1 fully saturated rings. The molecule has 7 heteroatoms. The summed E-state index contributed by atoms with van der Waals surface area (Å²) in [5.41, 5.74) is 1.55. The highest BCUT2D eigenvalue weighted by Crippen LogP contribution is 2.29. The minimum absolute atomic E-state index is 0.430. The van der Waals surface area contributed by atoms with Crippen molar-refractivity contribution in [3.05, 3.63) is 48.5 Å². The van der Waals surface area contributed by atoms with Crippen molar-refractivity contribution in [1.29, 1.82) is 0 Å². The number of carbonyl (C=O) groups excluding carboxylic acids is 2.